The van der Waals surface area contributed by atoms with Gasteiger partial charge in [-0.2, -0.15) is 0 Å². The van der Waals surface area contributed by atoms with Crippen molar-refractivity contribution in [1.82, 2.24) is 19.4 Å². The summed E-state index contributed by atoms with van der Waals surface area (Å²) in [5, 5.41) is 0. The Bertz CT molecular complexity index is 1130. The van der Waals surface area contributed by atoms with Gasteiger partial charge in [0.25, 0.3) is 0 Å². The Morgan fingerprint density at radius 1 is 0.821 bits per heavy atom. The summed E-state index contributed by atoms with van der Waals surface area (Å²) >= 11 is 0. The lowest BCUT2D eigenvalue weighted by Crippen LogP contribution is -2.58. The molecule has 2 unspecified atom stereocenters. The van der Waals surface area contributed by atoms with Crippen molar-refractivity contribution in [3.8, 4) is 0 Å². The van der Waals surface area contributed by atoms with Crippen LogP contribution in [-0.4, -0.2) is 62.4 Å². The van der Waals surface area contributed by atoms with Crippen molar-refractivity contribution in [2.24, 2.45) is 11.8 Å². The molecule has 4 heterocycles. The van der Waals surface area contributed by atoms with Gasteiger partial charge in [-0.15, -0.1) is 0 Å². The number of aromatic nitrogens is 2. The number of fused-ring (bicyclic) bond motifs is 5. The van der Waals surface area contributed by atoms with Crippen molar-refractivity contribution in [2.75, 3.05) is 13.1 Å². The highest BCUT2D eigenvalue weighted by molar-refractivity contribution is 5.76. The minimum Gasteiger partial charge on any atom is -0.325 e. The Morgan fingerprint density at radius 3 is 2.31 bits per heavy atom. The van der Waals surface area contributed by atoms with Crippen molar-refractivity contribution in [2.45, 2.75) is 140 Å². The van der Waals surface area contributed by atoms with Gasteiger partial charge in [0.2, 0.25) is 0 Å². The minimum atomic E-state index is 0.309. The van der Waals surface area contributed by atoms with Gasteiger partial charge in [-0.05, 0) is 95.2 Å². The Balaban J connectivity index is 1.14. The molecule has 2 aliphatic carbocycles. The number of carbonyl (C=O) groups is 1. The van der Waals surface area contributed by atoms with Crippen LogP contribution >= 0.6 is 0 Å². The standard InChI is InChI=1S/C34H50N4O/c1-24(39)15-17-36-16-7-12-27(36)23-34-35-32-13-4-5-14-33(32)38(34)31-21-28-10-6-11-29(22-31)37(28)30-19-25-8-2-3-9-26(18-25)20-30/h4-5,13-14,25-31H,2-3,6-12,15-23H2,1H3/t25-,26+,27-,28-,29+,30?,31?/m0/s1. The zero-order valence-corrected chi connectivity index (χ0v) is 24.3. The Hall–Kier alpha value is -1.72. The van der Waals surface area contributed by atoms with Gasteiger partial charge in [-0.1, -0.05) is 44.2 Å². The number of likely N-dealkylation sites (tertiary alicyclic amines) is 1. The van der Waals surface area contributed by atoms with Crippen LogP contribution in [0.3, 0.4) is 0 Å². The van der Waals surface area contributed by atoms with Crippen LogP contribution in [0.25, 0.3) is 11.0 Å². The summed E-state index contributed by atoms with van der Waals surface area (Å²) in [7, 11) is 0. The highest BCUT2D eigenvalue weighted by Gasteiger charge is 2.45. The van der Waals surface area contributed by atoms with E-state index in [9.17, 15) is 4.79 Å². The maximum absolute atomic E-state index is 11.7. The fraction of sp³-hybridized carbons (Fsp3) is 0.765. The third kappa shape index (κ3) is 5.35. The predicted octanol–water partition coefficient (Wildman–Crippen LogP) is 6.94. The van der Waals surface area contributed by atoms with E-state index in [1.165, 1.54) is 107 Å². The number of ketones is 1. The van der Waals surface area contributed by atoms with Gasteiger partial charge in [-0.25, -0.2) is 4.98 Å². The number of hydrogen-bond donors (Lipinski definition) is 0. The number of Topliss-reactive ketones (excluding diaryl/α,β-unsaturated/α-hetero) is 1. The van der Waals surface area contributed by atoms with E-state index in [1.807, 2.05) is 0 Å². The Kier molecular flexibility index (Phi) is 7.57. The lowest BCUT2D eigenvalue weighted by Gasteiger charge is -2.54. The van der Waals surface area contributed by atoms with E-state index in [2.05, 4.69) is 38.6 Å². The monoisotopic (exact) mass is 530 g/mol. The maximum Gasteiger partial charge on any atom is 0.131 e. The zero-order valence-electron chi connectivity index (χ0n) is 24.3. The second kappa shape index (κ2) is 11.3. The molecule has 5 aliphatic rings. The summed E-state index contributed by atoms with van der Waals surface area (Å²) in [5.41, 5.74) is 2.52. The first-order valence-electron chi connectivity index (χ1n) is 16.6. The number of carbonyl (C=O) groups excluding carboxylic acids is 1. The molecular formula is C34H50N4O. The quantitative estimate of drug-likeness (QED) is 0.389. The van der Waals surface area contributed by atoms with Crippen LogP contribution in [0, 0.1) is 11.8 Å². The summed E-state index contributed by atoms with van der Waals surface area (Å²) in [6.45, 7) is 3.77. The molecule has 4 bridgehead atoms. The van der Waals surface area contributed by atoms with Crippen LogP contribution in [0.1, 0.15) is 115 Å². The van der Waals surface area contributed by atoms with Gasteiger partial charge in [0.1, 0.15) is 11.6 Å². The molecule has 1 aromatic carbocycles. The van der Waals surface area contributed by atoms with E-state index in [-0.39, 0.29) is 0 Å². The molecule has 3 saturated heterocycles. The summed E-state index contributed by atoms with van der Waals surface area (Å²) in [4.78, 5) is 22.7. The number of imidazole rings is 1. The van der Waals surface area contributed by atoms with E-state index < -0.39 is 0 Å². The van der Waals surface area contributed by atoms with Crippen LogP contribution in [0.15, 0.2) is 24.3 Å². The smallest absolute Gasteiger partial charge is 0.131 e. The molecule has 2 saturated carbocycles. The van der Waals surface area contributed by atoms with E-state index in [0.717, 1.165) is 49.5 Å². The third-order valence-corrected chi connectivity index (χ3v) is 11.5. The number of nitrogens with zero attached hydrogens (tertiary/aromatic N) is 4. The predicted molar refractivity (Wildman–Crippen MR) is 158 cm³/mol. The van der Waals surface area contributed by atoms with Crippen molar-refractivity contribution in [3.05, 3.63) is 30.1 Å². The molecule has 3 aliphatic heterocycles. The average Bonchev–Trinajstić information content (AvgIpc) is 3.48. The van der Waals surface area contributed by atoms with Gasteiger partial charge in [0.15, 0.2) is 0 Å². The van der Waals surface area contributed by atoms with Gasteiger partial charge in [0.05, 0.1) is 11.0 Å². The molecule has 5 heteroatoms. The maximum atomic E-state index is 11.7. The average molecular weight is 531 g/mol. The van der Waals surface area contributed by atoms with Crippen molar-refractivity contribution >= 4 is 16.8 Å². The fourth-order valence-corrected chi connectivity index (χ4v) is 9.88. The topological polar surface area (TPSA) is 41.4 Å². The molecular weight excluding hydrogens is 480 g/mol. The number of benzene rings is 1. The highest BCUT2D eigenvalue weighted by atomic mass is 16.1. The van der Waals surface area contributed by atoms with Gasteiger partial charge in [-0.3, -0.25) is 14.6 Å². The van der Waals surface area contributed by atoms with Gasteiger partial charge >= 0.3 is 0 Å². The second-order valence-corrected chi connectivity index (χ2v) is 14.1. The van der Waals surface area contributed by atoms with E-state index in [4.69, 9.17) is 4.98 Å². The third-order valence-electron chi connectivity index (χ3n) is 11.5. The molecule has 1 aromatic heterocycles. The zero-order chi connectivity index (χ0) is 26.3. The van der Waals surface area contributed by atoms with Crippen molar-refractivity contribution < 1.29 is 4.79 Å². The number of piperidine rings is 2. The van der Waals surface area contributed by atoms with E-state index in [0.29, 0.717) is 24.3 Å². The molecule has 5 fully saturated rings. The first-order chi connectivity index (χ1) is 19.1. The lowest BCUT2D eigenvalue weighted by atomic mass is 9.73. The van der Waals surface area contributed by atoms with E-state index in [1.54, 1.807) is 6.92 Å². The lowest BCUT2D eigenvalue weighted by molar-refractivity contribution is -0.117. The number of rotatable bonds is 7. The molecule has 7 atom stereocenters. The normalized spacial score (nSPS) is 35.8. The molecule has 0 radical (unpaired) electrons. The largest absolute Gasteiger partial charge is 0.325 e. The molecule has 212 valence electrons. The van der Waals surface area contributed by atoms with Crippen molar-refractivity contribution in [3.63, 3.8) is 0 Å². The summed E-state index contributed by atoms with van der Waals surface area (Å²) in [5.74, 6) is 3.60. The van der Waals surface area contributed by atoms with Crippen LogP contribution < -0.4 is 0 Å². The SMILES string of the molecule is CC(=O)CCN1CCC[C@H]1Cc1nc2ccccc2n1C1C[C@H]2CCC[C@@H](C1)N2C1C[C@H]2CCCC[C@@H](C1)C2. The van der Waals surface area contributed by atoms with E-state index >= 15 is 0 Å². The van der Waals surface area contributed by atoms with Crippen LogP contribution in [0.4, 0.5) is 0 Å². The molecule has 0 spiro atoms. The molecule has 5 nitrogen and oxygen atoms in total. The molecule has 0 amide bonds. The highest BCUT2D eigenvalue weighted by Crippen LogP contribution is 2.47. The Morgan fingerprint density at radius 2 is 1.56 bits per heavy atom. The van der Waals surface area contributed by atoms with Crippen LogP contribution in [-0.2, 0) is 11.2 Å². The Labute approximate surface area is 235 Å². The van der Waals surface area contributed by atoms with Crippen molar-refractivity contribution in [1.29, 1.82) is 0 Å². The molecule has 39 heavy (non-hydrogen) atoms. The molecule has 2 aromatic rings. The number of para-hydroxylation sites is 2. The van der Waals surface area contributed by atoms with Crippen LogP contribution in [0.2, 0.25) is 0 Å². The summed E-state index contributed by atoms with van der Waals surface area (Å²) in [6.07, 6.45) is 21.4. The summed E-state index contributed by atoms with van der Waals surface area (Å²) in [6, 6.07) is 12.3. The number of hydrogen-bond acceptors (Lipinski definition) is 4. The fourth-order valence-electron chi connectivity index (χ4n) is 9.88. The van der Waals surface area contributed by atoms with Gasteiger partial charge in [0, 0.05) is 49.6 Å². The second-order valence-electron chi connectivity index (χ2n) is 14.1. The summed E-state index contributed by atoms with van der Waals surface area (Å²) < 4.78 is 2.71. The molecule has 0 N–H and O–H groups in total. The van der Waals surface area contributed by atoms with Gasteiger partial charge < -0.3 is 4.57 Å². The molecule has 7 rings (SSSR count). The first-order valence-corrected chi connectivity index (χ1v) is 16.6. The van der Waals surface area contributed by atoms with Crippen LogP contribution in [0.5, 0.6) is 0 Å². The first kappa shape index (κ1) is 26.2. The minimum absolute atomic E-state index is 0.309.